The maximum absolute atomic E-state index is 8.97. The molecule has 2 heterocycles. The van der Waals surface area contributed by atoms with E-state index in [9.17, 15) is 0 Å². The van der Waals surface area contributed by atoms with Gasteiger partial charge in [0.2, 0.25) is 5.95 Å². The second-order valence-corrected chi connectivity index (χ2v) is 5.19. The van der Waals surface area contributed by atoms with Crippen LogP contribution in [0.1, 0.15) is 5.56 Å². The Hall–Kier alpha value is -2.10. The molecule has 0 saturated carbocycles. The summed E-state index contributed by atoms with van der Waals surface area (Å²) in [6.07, 6.45) is 0. The molecule has 0 spiro atoms. The number of aryl methyl sites for hydroxylation is 1. The highest BCUT2D eigenvalue weighted by molar-refractivity contribution is 5.80. The Morgan fingerprint density at radius 1 is 1.38 bits per heavy atom. The van der Waals surface area contributed by atoms with Crippen molar-refractivity contribution in [3.05, 3.63) is 23.8 Å². The Morgan fingerprint density at radius 2 is 2.19 bits per heavy atom. The zero-order valence-electron chi connectivity index (χ0n) is 12.2. The van der Waals surface area contributed by atoms with Gasteiger partial charge in [0, 0.05) is 33.2 Å². The van der Waals surface area contributed by atoms with Crippen LogP contribution in [0.15, 0.2) is 18.2 Å². The normalized spacial score (nSPS) is 16.0. The third-order valence-corrected chi connectivity index (χ3v) is 3.82. The first kappa shape index (κ1) is 13.9. The van der Waals surface area contributed by atoms with Gasteiger partial charge in [0.25, 0.3) is 0 Å². The number of nitriles is 1. The number of anilines is 1. The Bertz CT molecular complexity index is 666. The van der Waals surface area contributed by atoms with Crippen LogP contribution in [-0.2, 0) is 11.8 Å². The zero-order valence-corrected chi connectivity index (χ0v) is 12.2. The van der Waals surface area contributed by atoms with Gasteiger partial charge in [-0.3, -0.25) is 4.90 Å². The number of ether oxygens (including phenoxy) is 1. The maximum atomic E-state index is 8.97. The Balaban J connectivity index is 1.66. The maximum Gasteiger partial charge on any atom is 0.203 e. The van der Waals surface area contributed by atoms with Crippen LogP contribution in [0.5, 0.6) is 0 Å². The first-order valence-electron chi connectivity index (χ1n) is 7.18. The van der Waals surface area contributed by atoms with E-state index in [-0.39, 0.29) is 0 Å². The first-order valence-corrected chi connectivity index (χ1v) is 7.18. The number of hydrogen-bond acceptors (Lipinski definition) is 5. The van der Waals surface area contributed by atoms with E-state index in [2.05, 4.69) is 21.3 Å². The number of imidazole rings is 1. The lowest BCUT2D eigenvalue weighted by Crippen LogP contribution is -2.39. The van der Waals surface area contributed by atoms with Crippen molar-refractivity contribution in [2.75, 3.05) is 44.7 Å². The van der Waals surface area contributed by atoms with Gasteiger partial charge in [-0.25, -0.2) is 4.98 Å². The highest BCUT2D eigenvalue weighted by Crippen LogP contribution is 2.19. The van der Waals surface area contributed by atoms with E-state index in [1.807, 2.05) is 23.7 Å². The molecule has 1 aromatic carbocycles. The molecule has 1 aliphatic heterocycles. The van der Waals surface area contributed by atoms with Gasteiger partial charge in [0.05, 0.1) is 35.9 Å². The van der Waals surface area contributed by atoms with Crippen molar-refractivity contribution < 1.29 is 4.74 Å². The molecule has 1 aliphatic rings. The molecule has 21 heavy (non-hydrogen) atoms. The minimum absolute atomic E-state index is 0.658. The van der Waals surface area contributed by atoms with Crippen molar-refractivity contribution in [3.63, 3.8) is 0 Å². The minimum atomic E-state index is 0.658. The summed E-state index contributed by atoms with van der Waals surface area (Å²) >= 11 is 0. The largest absolute Gasteiger partial charge is 0.379 e. The molecule has 0 atom stereocenters. The predicted octanol–water partition coefficient (Wildman–Crippen LogP) is 1.19. The SMILES string of the molecule is Cn1c(NCCN2CCOCC2)nc2ccc(C#N)cc21. The highest BCUT2D eigenvalue weighted by atomic mass is 16.5. The molecule has 0 radical (unpaired) electrons. The average Bonchev–Trinajstić information content (AvgIpc) is 2.84. The monoisotopic (exact) mass is 285 g/mol. The fourth-order valence-corrected chi connectivity index (χ4v) is 2.57. The molecule has 0 unspecified atom stereocenters. The molecule has 1 fully saturated rings. The summed E-state index contributed by atoms with van der Waals surface area (Å²) in [4.78, 5) is 6.95. The fraction of sp³-hybridized carbons (Fsp3) is 0.467. The fourth-order valence-electron chi connectivity index (χ4n) is 2.57. The van der Waals surface area contributed by atoms with Gasteiger partial charge in [-0.2, -0.15) is 5.26 Å². The van der Waals surface area contributed by atoms with Gasteiger partial charge >= 0.3 is 0 Å². The lowest BCUT2D eigenvalue weighted by molar-refractivity contribution is 0.0398. The number of aromatic nitrogens is 2. The van der Waals surface area contributed by atoms with Crippen LogP contribution >= 0.6 is 0 Å². The summed E-state index contributed by atoms with van der Waals surface area (Å²) < 4.78 is 7.34. The number of nitrogens with one attached hydrogen (secondary N) is 1. The Labute approximate surface area is 123 Å². The number of nitrogens with zero attached hydrogens (tertiary/aromatic N) is 4. The third-order valence-electron chi connectivity index (χ3n) is 3.82. The molecule has 0 aliphatic carbocycles. The van der Waals surface area contributed by atoms with Gasteiger partial charge in [0.1, 0.15) is 0 Å². The van der Waals surface area contributed by atoms with Crippen molar-refractivity contribution >= 4 is 17.0 Å². The Kier molecular flexibility index (Phi) is 4.04. The molecule has 1 aromatic heterocycles. The van der Waals surface area contributed by atoms with Gasteiger partial charge in [0.15, 0.2) is 0 Å². The van der Waals surface area contributed by atoms with Crippen LogP contribution in [0, 0.1) is 11.3 Å². The van der Waals surface area contributed by atoms with Crippen molar-refractivity contribution in [2.45, 2.75) is 0 Å². The van der Waals surface area contributed by atoms with Crippen LogP contribution in [-0.4, -0.2) is 53.8 Å². The van der Waals surface area contributed by atoms with E-state index >= 15 is 0 Å². The van der Waals surface area contributed by atoms with Crippen LogP contribution in [0.3, 0.4) is 0 Å². The Morgan fingerprint density at radius 3 is 2.95 bits per heavy atom. The van der Waals surface area contributed by atoms with Crippen LogP contribution in [0.4, 0.5) is 5.95 Å². The number of rotatable bonds is 4. The van der Waals surface area contributed by atoms with Gasteiger partial charge < -0.3 is 14.6 Å². The average molecular weight is 285 g/mol. The molecule has 6 nitrogen and oxygen atoms in total. The molecular formula is C15H19N5O. The minimum Gasteiger partial charge on any atom is -0.379 e. The number of morpholine rings is 1. The molecule has 1 N–H and O–H groups in total. The molecule has 0 bridgehead atoms. The number of hydrogen-bond donors (Lipinski definition) is 1. The topological polar surface area (TPSA) is 66.1 Å². The summed E-state index contributed by atoms with van der Waals surface area (Å²) in [5.74, 6) is 0.841. The van der Waals surface area contributed by atoms with E-state index in [1.54, 1.807) is 6.07 Å². The summed E-state index contributed by atoms with van der Waals surface area (Å²) in [5.41, 5.74) is 2.54. The molecular weight excluding hydrogens is 266 g/mol. The first-order chi connectivity index (χ1) is 10.3. The van der Waals surface area contributed by atoms with Gasteiger partial charge in [-0.05, 0) is 18.2 Å². The summed E-state index contributed by atoms with van der Waals surface area (Å²) in [6, 6.07) is 7.72. The molecule has 3 rings (SSSR count). The van der Waals surface area contributed by atoms with E-state index in [1.165, 1.54) is 0 Å². The third kappa shape index (κ3) is 2.99. The van der Waals surface area contributed by atoms with Crippen molar-refractivity contribution in [2.24, 2.45) is 7.05 Å². The lowest BCUT2D eigenvalue weighted by Gasteiger charge is -2.26. The lowest BCUT2D eigenvalue weighted by atomic mass is 10.2. The van der Waals surface area contributed by atoms with Crippen LogP contribution in [0.2, 0.25) is 0 Å². The van der Waals surface area contributed by atoms with Crippen LogP contribution in [0.25, 0.3) is 11.0 Å². The second kappa shape index (κ2) is 6.12. The summed E-state index contributed by atoms with van der Waals surface area (Å²) in [6.45, 7) is 5.47. The van der Waals surface area contributed by atoms with Crippen molar-refractivity contribution in [1.82, 2.24) is 14.5 Å². The standard InChI is InChI=1S/C15H19N5O/c1-19-14-10-12(11-16)2-3-13(14)18-15(19)17-4-5-20-6-8-21-9-7-20/h2-3,10H,4-9H2,1H3,(H,17,18). The van der Waals surface area contributed by atoms with Gasteiger partial charge in [-0.1, -0.05) is 0 Å². The smallest absolute Gasteiger partial charge is 0.203 e. The number of benzene rings is 1. The van der Waals surface area contributed by atoms with E-state index < -0.39 is 0 Å². The van der Waals surface area contributed by atoms with E-state index in [0.29, 0.717) is 5.56 Å². The molecule has 6 heteroatoms. The molecule has 1 saturated heterocycles. The second-order valence-electron chi connectivity index (χ2n) is 5.19. The zero-order chi connectivity index (χ0) is 14.7. The summed E-state index contributed by atoms with van der Waals surface area (Å²) in [5, 5.41) is 12.3. The predicted molar refractivity (Wildman–Crippen MR) is 81.2 cm³/mol. The molecule has 0 amide bonds. The highest BCUT2D eigenvalue weighted by Gasteiger charge is 2.11. The van der Waals surface area contributed by atoms with Gasteiger partial charge in [-0.15, -0.1) is 0 Å². The van der Waals surface area contributed by atoms with E-state index in [4.69, 9.17) is 10.00 Å². The quantitative estimate of drug-likeness (QED) is 0.914. The van der Waals surface area contributed by atoms with E-state index in [0.717, 1.165) is 56.4 Å². The molecule has 110 valence electrons. The molecule has 2 aromatic rings. The van der Waals surface area contributed by atoms with Crippen molar-refractivity contribution in [1.29, 1.82) is 5.26 Å². The van der Waals surface area contributed by atoms with Crippen LogP contribution < -0.4 is 5.32 Å². The number of fused-ring (bicyclic) bond motifs is 1. The van der Waals surface area contributed by atoms with Crippen molar-refractivity contribution in [3.8, 4) is 6.07 Å². The summed E-state index contributed by atoms with van der Waals surface area (Å²) in [7, 11) is 1.97.